The van der Waals surface area contributed by atoms with Gasteiger partial charge in [-0.15, -0.1) is 0 Å². The van der Waals surface area contributed by atoms with Gasteiger partial charge in [0, 0.05) is 23.1 Å². The van der Waals surface area contributed by atoms with Crippen molar-refractivity contribution in [1.82, 2.24) is 5.43 Å². The number of amides is 1. The zero-order valence-corrected chi connectivity index (χ0v) is 14.9. The van der Waals surface area contributed by atoms with Crippen LogP contribution in [0, 0.1) is 13.8 Å². The molecule has 0 saturated carbocycles. The molecule has 0 radical (unpaired) electrons. The fourth-order valence-corrected chi connectivity index (χ4v) is 2.53. The Hall–Kier alpha value is -3.61. The average Bonchev–Trinajstić information content (AvgIpc) is 2.62. The minimum atomic E-state index is -0.468. The molecule has 0 bridgehead atoms. The Bertz CT molecular complexity index is 1090. The first-order chi connectivity index (χ1) is 12.9. The summed E-state index contributed by atoms with van der Waals surface area (Å²) < 4.78 is 10.5. The molecule has 0 aliphatic carbocycles. The molecule has 7 heteroatoms. The van der Waals surface area contributed by atoms with Crippen molar-refractivity contribution in [2.75, 3.05) is 6.61 Å². The molecule has 0 fully saturated rings. The predicted octanol–water partition coefficient (Wildman–Crippen LogP) is 2.64. The molecule has 1 heterocycles. The van der Waals surface area contributed by atoms with Gasteiger partial charge in [-0.25, -0.2) is 10.2 Å². The maximum atomic E-state index is 11.8. The molecule has 27 heavy (non-hydrogen) atoms. The highest BCUT2D eigenvalue weighted by molar-refractivity contribution is 5.85. The number of hydrazone groups is 1. The zero-order chi connectivity index (χ0) is 19.4. The summed E-state index contributed by atoms with van der Waals surface area (Å²) in [5, 5.41) is 14.3. The van der Waals surface area contributed by atoms with Gasteiger partial charge >= 0.3 is 5.63 Å². The standard InChI is InChI=1S/C20H18N2O5/c1-12-3-6-17(23)14(7-12)10-21-22-19(24)11-26-15-4-5-16-13(2)8-20(25)27-18(16)9-15/h3-10,23H,11H2,1-2H3,(H,22,24)/b21-10+. The molecular formula is C20H18N2O5. The van der Waals surface area contributed by atoms with E-state index in [1.807, 2.05) is 13.8 Å². The molecular weight excluding hydrogens is 348 g/mol. The van der Waals surface area contributed by atoms with E-state index in [0.29, 0.717) is 16.9 Å². The molecule has 138 valence electrons. The third-order valence-corrected chi connectivity index (χ3v) is 3.87. The quantitative estimate of drug-likeness (QED) is 0.411. The molecule has 7 nitrogen and oxygen atoms in total. The number of aromatic hydroxyl groups is 1. The Morgan fingerprint density at radius 3 is 2.85 bits per heavy atom. The number of carbonyl (C=O) groups is 1. The number of nitrogens with one attached hydrogen (secondary N) is 1. The third kappa shape index (κ3) is 4.52. The largest absolute Gasteiger partial charge is 0.507 e. The van der Waals surface area contributed by atoms with Crippen LogP contribution < -0.4 is 15.8 Å². The van der Waals surface area contributed by atoms with Gasteiger partial charge in [0.2, 0.25) is 0 Å². The van der Waals surface area contributed by atoms with Crippen molar-refractivity contribution in [1.29, 1.82) is 0 Å². The molecule has 0 spiro atoms. The minimum Gasteiger partial charge on any atom is -0.507 e. The first-order valence-corrected chi connectivity index (χ1v) is 8.21. The molecule has 0 unspecified atom stereocenters. The molecule has 0 aliphatic rings. The number of aryl methyl sites for hydroxylation is 2. The van der Waals surface area contributed by atoms with E-state index in [4.69, 9.17) is 9.15 Å². The number of phenolic OH excluding ortho intramolecular Hbond substituents is 1. The first-order valence-electron chi connectivity index (χ1n) is 8.21. The summed E-state index contributed by atoms with van der Waals surface area (Å²) in [6, 6.07) is 11.5. The Morgan fingerprint density at radius 1 is 1.22 bits per heavy atom. The van der Waals surface area contributed by atoms with Crippen LogP contribution in [0.25, 0.3) is 11.0 Å². The second kappa shape index (κ2) is 7.74. The van der Waals surface area contributed by atoms with Gasteiger partial charge in [-0.2, -0.15) is 5.10 Å². The van der Waals surface area contributed by atoms with Gasteiger partial charge in [0.25, 0.3) is 5.91 Å². The lowest BCUT2D eigenvalue weighted by atomic mass is 10.1. The van der Waals surface area contributed by atoms with E-state index in [1.165, 1.54) is 12.3 Å². The third-order valence-electron chi connectivity index (χ3n) is 3.87. The summed E-state index contributed by atoms with van der Waals surface area (Å²) in [6.07, 6.45) is 1.35. The van der Waals surface area contributed by atoms with Gasteiger partial charge < -0.3 is 14.3 Å². The fraction of sp³-hybridized carbons (Fsp3) is 0.150. The van der Waals surface area contributed by atoms with Gasteiger partial charge in [0.15, 0.2) is 6.61 Å². The molecule has 1 aromatic heterocycles. The molecule has 0 saturated heterocycles. The Balaban J connectivity index is 1.60. The van der Waals surface area contributed by atoms with Gasteiger partial charge in [-0.3, -0.25) is 4.79 Å². The summed E-state index contributed by atoms with van der Waals surface area (Å²) in [5.41, 5.74) is 4.54. The number of rotatable bonds is 5. The van der Waals surface area contributed by atoms with Crippen LogP contribution in [0.3, 0.4) is 0 Å². The number of hydrogen-bond donors (Lipinski definition) is 2. The zero-order valence-electron chi connectivity index (χ0n) is 14.9. The molecule has 3 rings (SSSR count). The van der Waals surface area contributed by atoms with Crippen molar-refractivity contribution in [3.63, 3.8) is 0 Å². The van der Waals surface area contributed by atoms with E-state index in [0.717, 1.165) is 16.5 Å². The average molecular weight is 366 g/mol. The van der Waals surface area contributed by atoms with Crippen LogP contribution in [0.2, 0.25) is 0 Å². The van der Waals surface area contributed by atoms with Crippen LogP contribution >= 0.6 is 0 Å². The van der Waals surface area contributed by atoms with Crippen LogP contribution in [0.4, 0.5) is 0 Å². The maximum absolute atomic E-state index is 11.8. The van der Waals surface area contributed by atoms with E-state index >= 15 is 0 Å². The van der Waals surface area contributed by atoms with E-state index < -0.39 is 11.5 Å². The molecule has 2 aromatic carbocycles. The number of carbonyl (C=O) groups excluding carboxylic acids is 1. The topological polar surface area (TPSA) is 101 Å². The first kappa shape index (κ1) is 18.2. The van der Waals surface area contributed by atoms with E-state index in [9.17, 15) is 14.7 Å². The second-order valence-electron chi connectivity index (χ2n) is 6.05. The van der Waals surface area contributed by atoms with Crippen molar-refractivity contribution in [2.24, 2.45) is 5.10 Å². The summed E-state index contributed by atoms with van der Waals surface area (Å²) in [4.78, 5) is 23.3. The van der Waals surface area contributed by atoms with Gasteiger partial charge in [-0.05, 0) is 43.7 Å². The summed E-state index contributed by atoms with van der Waals surface area (Å²) in [7, 11) is 0. The monoisotopic (exact) mass is 366 g/mol. The van der Waals surface area contributed by atoms with Crippen LogP contribution in [-0.2, 0) is 4.79 Å². The van der Waals surface area contributed by atoms with E-state index in [-0.39, 0.29) is 12.4 Å². The Kier molecular flexibility index (Phi) is 5.21. The van der Waals surface area contributed by atoms with Crippen LogP contribution in [0.15, 0.2) is 56.8 Å². The van der Waals surface area contributed by atoms with Crippen molar-refractivity contribution in [3.05, 3.63) is 69.6 Å². The molecule has 2 N–H and O–H groups in total. The van der Waals surface area contributed by atoms with Crippen molar-refractivity contribution >= 4 is 23.1 Å². The van der Waals surface area contributed by atoms with Crippen LogP contribution in [0.5, 0.6) is 11.5 Å². The Morgan fingerprint density at radius 2 is 2.04 bits per heavy atom. The number of nitrogens with zero attached hydrogens (tertiary/aromatic N) is 1. The number of fused-ring (bicyclic) bond motifs is 1. The van der Waals surface area contributed by atoms with Crippen LogP contribution in [-0.4, -0.2) is 23.8 Å². The van der Waals surface area contributed by atoms with Crippen LogP contribution in [0.1, 0.15) is 16.7 Å². The number of phenols is 1. The van der Waals surface area contributed by atoms with E-state index in [2.05, 4.69) is 10.5 Å². The lowest BCUT2D eigenvalue weighted by Crippen LogP contribution is -2.24. The van der Waals surface area contributed by atoms with E-state index in [1.54, 1.807) is 36.4 Å². The van der Waals surface area contributed by atoms with Gasteiger partial charge in [0.1, 0.15) is 17.1 Å². The minimum absolute atomic E-state index is 0.0720. The second-order valence-corrected chi connectivity index (χ2v) is 6.05. The highest BCUT2D eigenvalue weighted by Crippen LogP contribution is 2.22. The normalized spacial score (nSPS) is 11.0. The number of ether oxygens (including phenoxy) is 1. The SMILES string of the molecule is Cc1ccc(O)c(/C=N/NC(=O)COc2ccc3c(C)cc(=O)oc3c2)c1. The summed E-state index contributed by atoms with van der Waals surface area (Å²) >= 11 is 0. The molecule has 0 atom stereocenters. The maximum Gasteiger partial charge on any atom is 0.336 e. The highest BCUT2D eigenvalue weighted by atomic mass is 16.5. The lowest BCUT2D eigenvalue weighted by Gasteiger charge is -2.07. The highest BCUT2D eigenvalue weighted by Gasteiger charge is 2.06. The molecule has 1 amide bonds. The Labute approximate surface area is 154 Å². The van der Waals surface area contributed by atoms with Gasteiger partial charge in [-0.1, -0.05) is 11.6 Å². The van der Waals surface area contributed by atoms with Crippen molar-refractivity contribution in [2.45, 2.75) is 13.8 Å². The van der Waals surface area contributed by atoms with Crippen molar-refractivity contribution < 1.29 is 19.1 Å². The predicted molar refractivity (Wildman–Crippen MR) is 101 cm³/mol. The fourth-order valence-electron chi connectivity index (χ4n) is 2.53. The molecule has 3 aromatic rings. The molecule has 0 aliphatic heterocycles. The smallest absolute Gasteiger partial charge is 0.336 e. The van der Waals surface area contributed by atoms with Crippen molar-refractivity contribution in [3.8, 4) is 11.5 Å². The number of benzene rings is 2. The van der Waals surface area contributed by atoms with Gasteiger partial charge in [0.05, 0.1) is 6.21 Å². The lowest BCUT2D eigenvalue weighted by molar-refractivity contribution is -0.123. The number of hydrogen-bond acceptors (Lipinski definition) is 6. The summed E-state index contributed by atoms with van der Waals surface area (Å²) in [5.74, 6) is -0.00121. The summed E-state index contributed by atoms with van der Waals surface area (Å²) in [6.45, 7) is 3.44.